The average molecular weight is 340 g/mol. The zero-order valence-corrected chi connectivity index (χ0v) is 13.2. The van der Waals surface area contributed by atoms with Crippen molar-refractivity contribution in [2.45, 2.75) is 6.04 Å². The van der Waals surface area contributed by atoms with Gasteiger partial charge < -0.3 is 15.1 Å². The van der Waals surface area contributed by atoms with Crippen molar-refractivity contribution in [3.8, 4) is 0 Å². The van der Waals surface area contributed by atoms with Gasteiger partial charge in [-0.15, -0.1) is 0 Å². The molecule has 0 spiro atoms. The molecular formula is C14H18BrN3O2. The van der Waals surface area contributed by atoms with Gasteiger partial charge in [-0.1, -0.05) is 22.0 Å². The molecule has 1 saturated heterocycles. The molecule has 0 aromatic heterocycles. The fourth-order valence-electron chi connectivity index (χ4n) is 2.25. The van der Waals surface area contributed by atoms with E-state index in [-0.39, 0.29) is 11.8 Å². The second-order valence-electron chi connectivity index (χ2n) is 4.96. The molecule has 1 unspecified atom stereocenters. The topological polar surface area (TPSA) is 52.7 Å². The maximum atomic E-state index is 12.6. The van der Waals surface area contributed by atoms with Crippen LogP contribution in [0.4, 0.5) is 0 Å². The molecule has 1 fully saturated rings. The highest BCUT2D eigenvalue weighted by Crippen LogP contribution is 2.16. The van der Waals surface area contributed by atoms with E-state index in [4.69, 9.17) is 0 Å². The summed E-state index contributed by atoms with van der Waals surface area (Å²) < 4.78 is 0.856. The zero-order chi connectivity index (χ0) is 14.7. The number of piperazine rings is 1. The third-order valence-corrected chi connectivity index (χ3v) is 3.79. The van der Waals surface area contributed by atoms with E-state index >= 15 is 0 Å². The van der Waals surface area contributed by atoms with Crippen molar-refractivity contribution in [2.75, 3.05) is 33.7 Å². The highest BCUT2D eigenvalue weighted by atomic mass is 79.9. The summed E-state index contributed by atoms with van der Waals surface area (Å²) >= 11 is 3.36. The molecule has 0 saturated carbocycles. The van der Waals surface area contributed by atoms with E-state index in [2.05, 4.69) is 21.2 Å². The van der Waals surface area contributed by atoms with E-state index in [0.29, 0.717) is 25.2 Å². The Balaban J connectivity index is 2.23. The van der Waals surface area contributed by atoms with Gasteiger partial charge in [0, 0.05) is 43.8 Å². The first-order valence-corrected chi connectivity index (χ1v) is 7.28. The highest BCUT2D eigenvalue weighted by molar-refractivity contribution is 9.10. The van der Waals surface area contributed by atoms with E-state index in [0.717, 1.165) is 4.47 Å². The first kappa shape index (κ1) is 15.0. The standard InChI is InChI=1S/C14H18BrN3O2/c1-17(2)14(20)12-9-16-6-7-18(12)13(19)10-4-3-5-11(15)8-10/h3-5,8,12,16H,6-7,9H2,1-2H3. The molecule has 20 heavy (non-hydrogen) atoms. The van der Waals surface area contributed by atoms with Gasteiger partial charge in [0.15, 0.2) is 0 Å². The summed E-state index contributed by atoms with van der Waals surface area (Å²) in [6.45, 7) is 1.74. The molecule has 6 heteroatoms. The number of rotatable bonds is 2. The van der Waals surface area contributed by atoms with Gasteiger partial charge in [-0.25, -0.2) is 0 Å². The molecule has 1 aromatic rings. The van der Waals surface area contributed by atoms with Gasteiger partial charge in [0.25, 0.3) is 5.91 Å². The third-order valence-electron chi connectivity index (χ3n) is 3.30. The minimum absolute atomic E-state index is 0.0550. The Morgan fingerprint density at radius 3 is 2.80 bits per heavy atom. The number of benzene rings is 1. The van der Waals surface area contributed by atoms with E-state index in [1.54, 1.807) is 31.1 Å². The van der Waals surface area contributed by atoms with Crippen molar-refractivity contribution >= 4 is 27.7 Å². The number of nitrogens with zero attached hydrogens (tertiary/aromatic N) is 2. The summed E-state index contributed by atoms with van der Waals surface area (Å²) in [7, 11) is 3.41. The van der Waals surface area contributed by atoms with Crippen molar-refractivity contribution < 1.29 is 9.59 Å². The number of halogens is 1. The number of carbonyl (C=O) groups is 2. The summed E-state index contributed by atoms with van der Waals surface area (Å²) in [5, 5.41) is 3.17. The maximum Gasteiger partial charge on any atom is 0.254 e. The number of likely N-dealkylation sites (N-methyl/N-ethyl adjacent to an activating group) is 1. The van der Waals surface area contributed by atoms with Crippen LogP contribution in [0.25, 0.3) is 0 Å². The molecule has 1 aromatic carbocycles. The van der Waals surface area contributed by atoms with Crippen LogP contribution in [0.1, 0.15) is 10.4 Å². The Hall–Kier alpha value is -1.40. The van der Waals surface area contributed by atoms with Crippen LogP contribution in [0.5, 0.6) is 0 Å². The first-order chi connectivity index (χ1) is 9.50. The minimum Gasteiger partial charge on any atom is -0.347 e. The van der Waals surface area contributed by atoms with Crippen LogP contribution in [0, 0.1) is 0 Å². The van der Waals surface area contributed by atoms with Crippen LogP contribution in [-0.2, 0) is 4.79 Å². The molecule has 1 aliphatic rings. The van der Waals surface area contributed by atoms with Crippen LogP contribution < -0.4 is 5.32 Å². The van der Waals surface area contributed by atoms with Crippen LogP contribution in [0.3, 0.4) is 0 Å². The Morgan fingerprint density at radius 1 is 1.40 bits per heavy atom. The molecule has 2 rings (SSSR count). The number of nitrogens with one attached hydrogen (secondary N) is 1. The SMILES string of the molecule is CN(C)C(=O)C1CNCCN1C(=O)c1cccc(Br)c1. The molecule has 0 bridgehead atoms. The first-order valence-electron chi connectivity index (χ1n) is 6.49. The number of amides is 2. The molecule has 2 amide bonds. The van der Waals surface area contributed by atoms with Crippen LogP contribution in [0.15, 0.2) is 28.7 Å². The lowest BCUT2D eigenvalue weighted by Gasteiger charge is -2.36. The highest BCUT2D eigenvalue weighted by Gasteiger charge is 2.33. The molecule has 1 heterocycles. The fourth-order valence-corrected chi connectivity index (χ4v) is 2.65. The second kappa shape index (κ2) is 6.37. The maximum absolute atomic E-state index is 12.6. The van der Waals surface area contributed by atoms with Crippen molar-refractivity contribution in [3.05, 3.63) is 34.3 Å². The van der Waals surface area contributed by atoms with Crippen molar-refractivity contribution in [2.24, 2.45) is 0 Å². The smallest absolute Gasteiger partial charge is 0.254 e. The van der Waals surface area contributed by atoms with Crippen LogP contribution >= 0.6 is 15.9 Å². The Labute approximate surface area is 127 Å². The van der Waals surface area contributed by atoms with E-state index < -0.39 is 6.04 Å². The molecule has 1 atom stereocenters. The largest absolute Gasteiger partial charge is 0.347 e. The van der Waals surface area contributed by atoms with Crippen molar-refractivity contribution in [1.82, 2.24) is 15.1 Å². The number of hydrogen-bond acceptors (Lipinski definition) is 3. The van der Waals surface area contributed by atoms with Gasteiger partial charge in [0.2, 0.25) is 5.91 Å². The fraction of sp³-hybridized carbons (Fsp3) is 0.429. The van der Waals surface area contributed by atoms with E-state index in [9.17, 15) is 9.59 Å². The van der Waals surface area contributed by atoms with Gasteiger partial charge in [0.05, 0.1) is 0 Å². The van der Waals surface area contributed by atoms with Gasteiger partial charge in [-0.05, 0) is 18.2 Å². The summed E-state index contributed by atoms with van der Waals surface area (Å²) in [5.41, 5.74) is 0.595. The lowest BCUT2D eigenvalue weighted by molar-refractivity contribution is -0.134. The normalized spacial score (nSPS) is 18.8. The molecule has 5 nitrogen and oxygen atoms in total. The molecule has 1 aliphatic heterocycles. The number of hydrogen-bond donors (Lipinski definition) is 1. The summed E-state index contributed by atoms with van der Waals surface area (Å²) in [6.07, 6.45) is 0. The lowest BCUT2D eigenvalue weighted by atomic mass is 10.1. The van der Waals surface area contributed by atoms with Crippen molar-refractivity contribution in [1.29, 1.82) is 0 Å². The van der Waals surface area contributed by atoms with Gasteiger partial charge in [-0.3, -0.25) is 9.59 Å². The van der Waals surface area contributed by atoms with E-state index in [1.807, 2.05) is 12.1 Å². The summed E-state index contributed by atoms with van der Waals surface area (Å²) in [5.74, 6) is -0.159. The van der Waals surface area contributed by atoms with Gasteiger partial charge in [0.1, 0.15) is 6.04 Å². The monoisotopic (exact) mass is 339 g/mol. The van der Waals surface area contributed by atoms with Crippen molar-refractivity contribution in [3.63, 3.8) is 0 Å². The molecule has 0 aliphatic carbocycles. The Morgan fingerprint density at radius 2 is 2.15 bits per heavy atom. The quantitative estimate of drug-likeness (QED) is 0.872. The van der Waals surface area contributed by atoms with Crippen LogP contribution in [0.2, 0.25) is 0 Å². The summed E-state index contributed by atoms with van der Waals surface area (Å²) in [6, 6.07) is 6.80. The van der Waals surface area contributed by atoms with Crippen LogP contribution in [-0.4, -0.2) is 61.4 Å². The van der Waals surface area contributed by atoms with Gasteiger partial charge in [-0.2, -0.15) is 0 Å². The Bertz CT molecular complexity index is 519. The average Bonchev–Trinajstić information content (AvgIpc) is 2.45. The molecule has 108 valence electrons. The zero-order valence-electron chi connectivity index (χ0n) is 11.6. The third kappa shape index (κ3) is 3.19. The molecule has 1 N–H and O–H groups in total. The van der Waals surface area contributed by atoms with E-state index in [1.165, 1.54) is 4.90 Å². The predicted octanol–water partition coefficient (Wildman–Crippen LogP) is 0.951. The summed E-state index contributed by atoms with van der Waals surface area (Å²) in [4.78, 5) is 28.0. The number of carbonyl (C=O) groups excluding carboxylic acids is 2. The minimum atomic E-state index is -0.440. The lowest BCUT2D eigenvalue weighted by Crippen LogP contribution is -2.59. The predicted molar refractivity (Wildman–Crippen MR) is 80.5 cm³/mol. The molecule has 0 radical (unpaired) electrons. The molecular weight excluding hydrogens is 322 g/mol. The second-order valence-corrected chi connectivity index (χ2v) is 5.88. The Kier molecular flexibility index (Phi) is 4.77. The van der Waals surface area contributed by atoms with Gasteiger partial charge >= 0.3 is 0 Å².